The number of halogens is 1. The predicted octanol–water partition coefficient (Wildman–Crippen LogP) is 6.42. The zero-order chi connectivity index (χ0) is 25.6. The van der Waals surface area contributed by atoms with Crippen LogP contribution < -0.4 is 10.6 Å². The van der Waals surface area contributed by atoms with Gasteiger partial charge in [-0.3, -0.25) is 0 Å². The highest BCUT2D eigenvalue weighted by Crippen LogP contribution is 2.31. The Morgan fingerprint density at radius 1 is 0.622 bits per heavy atom. The van der Waals surface area contributed by atoms with E-state index >= 15 is 0 Å². The van der Waals surface area contributed by atoms with E-state index in [2.05, 4.69) is 30.3 Å². The highest BCUT2D eigenvalue weighted by molar-refractivity contribution is 7.55. The van der Waals surface area contributed by atoms with Gasteiger partial charge in [0.1, 0.15) is 17.7 Å². The third-order valence-corrected chi connectivity index (χ3v) is 7.81. The van der Waals surface area contributed by atoms with E-state index < -0.39 is 11.9 Å². The maximum absolute atomic E-state index is 14.3. The van der Waals surface area contributed by atoms with Crippen LogP contribution in [-0.2, 0) is 12.8 Å². The van der Waals surface area contributed by atoms with Crippen LogP contribution >= 0.6 is 8.58 Å². The third-order valence-electron chi connectivity index (χ3n) is 6.43. The Morgan fingerprint density at radius 2 is 1.22 bits per heavy atom. The molecule has 2 nitrogen and oxygen atoms in total. The number of phenols is 1. The Kier molecular flexibility index (Phi) is 7.75. The van der Waals surface area contributed by atoms with E-state index in [-0.39, 0.29) is 14.3 Å². The second-order valence-corrected chi connectivity index (χ2v) is 10.5. The fraction of sp³-hybridized carbons (Fsp3) is 0.0909. The molecule has 5 aromatic carbocycles. The summed E-state index contributed by atoms with van der Waals surface area (Å²) in [4.78, 5) is 0. The topological polar surface area (TPSA) is 40.5 Å². The monoisotopic (exact) mass is 506 g/mol. The van der Waals surface area contributed by atoms with Gasteiger partial charge in [0.2, 0.25) is 0 Å². The average Bonchev–Trinajstić information content (AvgIpc) is 2.93. The number of phenolic OH excluding ortho intramolecular Hbond substituents is 1. The first-order valence-corrected chi connectivity index (χ1v) is 13.3. The van der Waals surface area contributed by atoms with Crippen molar-refractivity contribution in [3.63, 3.8) is 0 Å². The molecule has 0 saturated heterocycles. The van der Waals surface area contributed by atoms with Gasteiger partial charge in [0.05, 0.1) is 0 Å². The van der Waals surface area contributed by atoms with Gasteiger partial charge in [-0.15, -0.1) is 0 Å². The van der Waals surface area contributed by atoms with Gasteiger partial charge in [0.15, 0.2) is 0 Å². The SMILES string of the molecule is Oc1c(Cc2ccccc2)cc(Cc2ccccc2)cc1Pc1ccc(F)cc1C(O)c1ccccc1. The molecular formula is C33H28FO2P. The molecule has 2 unspecified atom stereocenters. The fourth-order valence-electron chi connectivity index (χ4n) is 4.57. The van der Waals surface area contributed by atoms with Crippen molar-refractivity contribution in [1.82, 2.24) is 0 Å². The second-order valence-electron chi connectivity index (χ2n) is 9.15. The van der Waals surface area contributed by atoms with Gasteiger partial charge in [-0.25, -0.2) is 4.39 Å². The van der Waals surface area contributed by atoms with Crippen LogP contribution in [-0.4, -0.2) is 10.2 Å². The maximum Gasteiger partial charge on any atom is 0.126 e. The summed E-state index contributed by atoms with van der Waals surface area (Å²) >= 11 is 0. The van der Waals surface area contributed by atoms with Gasteiger partial charge >= 0.3 is 0 Å². The number of hydrogen-bond donors (Lipinski definition) is 2. The molecule has 0 aliphatic heterocycles. The highest BCUT2D eigenvalue weighted by atomic mass is 31.1. The third kappa shape index (κ3) is 6.14. The van der Waals surface area contributed by atoms with Gasteiger partial charge in [-0.2, -0.15) is 0 Å². The molecule has 0 aliphatic rings. The van der Waals surface area contributed by atoms with E-state index in [1.165, 1.54) is 17.7 Å². The molecular weight excluding hydrogens is 478 g/mol. The molecule has 2 N–H and O–H groups in total. The summed E-state index contributed by atoms with van der Waals surface area (Å²) in [7, 11) is 0.0459. The Morgan fingerprint density at radius 3 is 1.86 bits per heavy atom. The van der Waals surface area contributed by atoms with E-state index in [0.29, 0.717) is 17.5 Å². The molecule has 0 amide bonds. The molecule has 0 bridgehead atoms. The Labute approximate surface area is 218 Å². The van der Waals surface area contributed by atoms with Crippen molar-refractivity contribution in [2.75, 3.05) is 0 Å². The molecule has 5 rings (SSSR count). The molecule has 184 valence electrons. The van der Waals surface area contributed by atoms with Crippen LogP contribution in [0, 0.1) is 5.82 Å². The molecule has 0 saturated carbocycles. The second kappa shape index (κ2) is 11.5. The van der Waals surface area contributed by atoms with Crippen molar-refractivity contribution in [3.8, 4) is 5.75 Å². The van der Waals surface area contributed by atoms with E-state index in [9.17, 15) is 14.6 Å². The Bertz CT molecular complexity index is 1470. The molecule has 0 aliphatic carbocycles. The van der Waals surface area contributed by atoms with Crippen LogP contribution in [0.15, 0.2) is 121 Å². The number of hydrogen-bond acceptors (Lipinski definition) is 2. The largest absolute Gasteiger partial charge is 0.507 e. The first kappa shape index (κ1) is 24.9. The standard InChI is InChI=1S/C33H28FO2P/c34-28-16-17-30(29(22-28)32(35)26-14-8-3-9-15-26)37-31-21-25(18-23-10-4-1-5-11-23)20-27(33(31)36)19-24-12-6-2-7-13-24/h1-17,20-22,32,35-37H,18-19H2. The molecule has 4 heteroatoms. The highest BCUT2D eigenvalue weighted by Gasteiger charge is 2.19. The predicted molar refractivity (Wildman–Crippen MR) is 151 cm³/mol. The molecule has 0 fully saturated rings. The summed E-state index contributed by atoms with van der Waals surface area (Å²) in [5, 5.41) is 24.1. The van der Waals surface area contributed by atoms with Crippen molar-refractivity contribution in [3.05, 3.63) is 161 Å². The van der Waals surface area contributed by atoms with Crippen molar-refractivity contribution in [1.29, 1.82) is 0 Å². The molecule has 2 atom stereocenters. The summed E-state index contributed by atoms with van der Waals surface area (Å²) < 4.78 is 14.3. The van der Waals surface area contributed by atoms with Crippen molar-refractivity contribution < 1.29 is 14.6 Å². The van der Waals surface area contributed by atoms with Gasteiger partial charge in [-0.1, -0.05) is 112 Å². The smallest absolute Gasteiger partial charge is 0.126 e. The summed E-state index contributed by atoms with van der Waals surface area (Å²) in [5.41, 5.74) is 5.48. The Hall–Kier alpha value is -3.78. The van der Waals surface area contributed by atoms with E-state index in [1.54, 1.807) is 6.07 Å². The summed E-state index contributed by atoms with van der Waals surface area (Å²) in [6.45, 7) is 0. The van der Waals surface area contributed by atoms with Crippen LogP contribution in [0.25, 0.3) is 0 Å². The zero-order valence-corrected chi connectivity index (χ0v) is 21.3. The first-order chi connectivity index (χ1) is 18.1. The normalized spacial score (nSPS) is 12.2. The fourth-order valence-corrected chi connectivity index (χ4v) is 5.92. The summed E-state index contributed by atoms with van der Waals surface area (Å²) in [5.74, 6) is -0.145. The van der Waals surface area contributed by atoms with E-state index in [1.807, 2.05) is 72.8 Å². The average molecular weight is 507 g/mol. The van der Waals surface area contributed by atoms with Gasteiger partial charge in [-0.05, 0) is 63.3 Å². The van der Waals surface area contributed by atoms with Crippen LogP contribution in [0.1, 0.15) is 39.5 Å². The lowest BCUT2D eigenvalue weighted by Gasteiger charge is -2.18. The molecule has 5 aromatic rings. The number of rotatable bonds is 8. The lowest BCUT2D eigenvalue weighted by molar-refractivity contribution is 0.221. The minimum atomic E-state index is -0.960. The molecule has 0 aromatic heterocycles. The molecule has 0 heterocycles. The van der Waals surface area contributed by atoms with Crippen molar-refractivity contribution in [2.24, 2.45) is 0 Å². The molecule has 37 heavy (non-hydrogen) atoms. The minimum absolute atomic E-state index is 0.0459. The van der Waals surface area contributed by atoms with E-state index in [0.717, 1.165) is 33.7 Å². The summed E-state index contributed by atoms with van der Waals surface area (Å²) in [6.07, 6.45) is 0.386. The minimum Gasteiger partial charge on any atom is -0.507 e. The van der Waals surface area contributed by atoms with Crippen LogP contribution in [0.2, 0.25) is 0 Å². The number of aliphatic hydroxyl groups excluding tert-OH is 1. The Balaban J connectivity index is 1.55. The maximum atomic E-state index is 14.3. The van der Waals surface area contributed by atoms with Gasteiger partial charge < -0.3 is 10.2 Å². The van der Waals surface area contributed by atoms with Crippen LogP contribution in [0.5, 0.6) is 5.75 Å². The molecule has 0 spiro atoms. The van der Waals surface area contributed by atoms with Crippen molar-refractivity contribution in [2.45, 2.75) is 18.9 Å². The summed E-state index contributed by atoms with van der Waals surface area (Å²) in [6, 6.07) is 38.2. The number of aromatic hydroxyl groups is 1. The lowest BCUT2D eigenvalue weighted by atomic mass is 9.98. The van der Waals surface area contributed by atoms with Crippen LogP contribution in [0.4, 0.5) is 4.39 Å². The lowest BCUT2D eigenvalue weighted by Crippen LogP contribution is -2.15. The number of aliphatic hydroxyl groups is 1. The molecule has 0 radical (unpaired) electrons. The number of benzene rings is 5. The zero-order valence-electron chi connectivity index (χ0n) is 20.3. The van der Waals surface area contributed by atoms with Crippen molar-refractivity contribution >= 4 is 19.2 Å². The van der Waals surface area contributed by atoms with Gasteiger partial charge in [0.25, 0.3) is 0 Å². The van der Waals surface area contributed by atoms with E-state index in [4.69, 9.17) is 0 Å². The quantitative estimate of drug-likeness (QED) is 0.238. The van der Waals surface area contributed by atoms with Gasteiger partial charge in [0, 0.05) is 11.7 Å². The first-order valence-electron chi connectivity index (χ1n) is 12.3. The van der Waals surface area contributed by atoms with Crippen LogP contribution in [0.3, 0.4) is 0 Å².